The molecule has 2 aromatic rings. The number of halogens is 1. The van der Waals surface area contributed by atoms with E-state index in [0.717, 1.165) is 32.5 Å². The van der Waals surface area contributed by atoms with E-state index in [1.807, 2.05) is 0 Å². The highest BCUT2D eigenvalue weighted by Crippen LogP contribution is 2.15. The minimum absolute atomic E-state index is 0. The van der Waals surface area contributed by atoms with Crippen LogP contribution in [0.4, 0.5) is 0 Å². The number of likely N-dealkylation sites (N-methyl/N-ethyl adjacent to an activating group) is 1. The first-order valence-corrected chi connectivity index (χ1v) is 8.88. The summed E-state index contributed by atoms with van der Waals surface area (Å²) in [7, 11) is 3.48. The van der Waals surface area contributed by atoms with Crippen molar-refractivity contribution in [2.75, 3.05) is 33.7 Å². The van der Waals surface area contributed by atoms with Crippen molar-refractivity contribution in [1.29, 1.82) is 0 Å². The summed E-state index contributed by atoms with van der Waals surface area (Å²) in [6.07, 6.45) is 4.12. The molecule has 0 fully saturated rings. The van der Waals surface area contributed by atoms with Gasteiger partial charge in [-0.2, -0.15) is 0 Å². The van der Waals surface area contributed by atoms with E-state index in [1.54, 1.807) is 19.0 Å². The second-order valence-corrected chi connectivity index (χ2v) is 6.23. The SMILES string of the molecule is CCCNC(=NCC(=O)N(C)C)NCCCn1ccc2ccccc21.I. The second kappa shape index (κ2) is 11.8. The van der Waals surface area contributed by atoms with Crippen LogP contribution in [0.1, 0.15) is 19.8 Å². The van der Waals surface area contributed by atoms with E-state index in [9.17, 15) is 4.79 Å². The monoisotopic (exact) mass is 471 g/mol. The zero-order valence-electron chi connectivity index (χ0n) is 15.9. The van der Waals surface area contributed by atoms with Crippen molar-refractivity contribution < 1.29 is 4.79 Å². The van der Waals surface area contributed by atoms with E-state index in [-0.39, 0.29) is 36.4 Å². The van der Waals surface area contributed by atoms with Crippen LogP contribution in [-0.2, 0) is 11.3 Å². The quantitative estimate of drug-likeness (QED) is 0.270. The number of benzene rings is 1. The Bertz CT molecular complexity index is 711. The molecule has 0 aliphatic rings. The second-order valence-electron chi connectivity index (χ2n) is 6.23. The molecule has 0 bridgehead atoms. The van der Waals surface area contributed by atoms with Gasteiger partial charge in [0.25, 0.3) is 0 Å². The average Bonchev–Trinajstić information content (AvgIpc) is 3.03. The Morgan fingerprint density at radius 3 is 2.62 bits per heavy atom. The maximum atomic E-state index is 11.7. The number of rotatable bonds is 8. The van der Waals surface area contributed by atoms with Gasteiger partial charge in [-0.05, 0) is 30.4 Å². The van der Waals surface area contributed by atoms with Crippen LogP contribution < -0.4 is 10.6 Å². The Morgan fingerprint density at radius 2 is 1.88 bits per heavy atom. The molecule has 0 unspecified atom stereocenters. The van der Waals surface area contributed by atoms with Gasteiger partial charge in [0, 0.05) is 45.4 Å². The van der Waals surface area contributed by atoms with Crippen LogP contribution in [0.2, 0.25) is 0 Å². The highest BCUT2D eigenvalue weighted by Gasteiger charge is 2.04. The summed E-state index contributed by atoms with van der Waals surface area (Å²) in [5, 5.41) is 7.83. The summed E-state index contributed by atoms with van der Waals surface area (Å²) >= 11 is 0. The summed E-state index contributed by atoms with van der Waals surface area (Å²) in [5.74, 6) is 0.700. The fraction of sp³-hybridized carbons (Fsp3) is 0.474. The van der Waals surface area contributed by atoms with E-state index in [1.165, 1.54) is 10.9 Å². The van der Waals surface area contributed by atoms with Crippen LogP contribution >= 0.6 is 24.0 Å². The number of aryl methyl sites for hydroxylation is 1. The van der Waals surface area contributed by atoms with Crippen molar-refractivity contribution in [2.24, 2.45) is 4.99 Å². The zero-order chi connectivity index (χ0) is 18.1. The summed E-state index contributed by atoms with van der Waals surface area (Å²) < 4.78 is 2.27. The largest absolute Gasteiger partial charge is 0.356 e. The first-order valence-electron chi connectivity index (χ1n) is 8.88. The topological polar surface area (TPSA) is 61.7 Å². The van der Waals surface area contributed by atoms with Crippen LogP contribution in [0.25, 0.3) is 10.9 Å². The number of para-hydroxylation sites is 1. The normalized spacial score (nSPS) is 11.1. The molecular weight excluding hydrogens is 441 g/mol. The number of carbonyl (C=O) groups is 1. The van der Waals surface area contributed by atoms with E-state index in [0.29, 0.717) is 5.96 Å². The molecule has 0 spiro atoms. The Labute approximate surface area is 173 Å². The van der Waals surface area contributed by atoms with Gasteiger partial charge < -0.3 is 20.1 Å². The van der Waals surface area contributed by atoms with Gasteiger partial charge in [-0.3, -0.25) is 4.79 Å². The standard InChI is InChI=1S/C19H29N5O.HI/c1-4-11-20-19(22-15-18(25)23(2)3)21-12-7-13-24-14-10-16-8-5-6-9-17(16)24;/h5-6,8-10,14H,4,7,11-13,15H2,1-3H3,(H2,20,21,22);1H. The molecular formula is C19H30IN5O. The lowest BCUT2D eigenvalue weighted by Gasteiger charge is -2.13. The molecule has 0 aliphatic heterocycles. The van der Waals surface area contributed by atoms with Crippen molar-refractivity contribution in [3.8, 4) is 0 Å². The van der Waals surface area contributed by atoms with Gasteiger partial charge in [-0.1, -0.05) is 25.1 Å². The minimum Gasteiger partial charge on any atom is -0.356 e. The molecule has 1 aromatic heterocycles. The molecule has 1 aromatic carbocycles. The molecule has 26 heavy (non-hydrogen) atoms. The predicted octanol–water partition coefficient (Wildman–Crippen LogP) is 2.68. The van der Waals surface area contributed by atoms with Crippen LogP contribution in [-0.4, -0.2) is 55.1 Å². The van der Waals surface area contributed by atoms with Gasteiger partial charge in [0.05, 0.1) is 0 Å². The van der Waals surface area contributed by atoms with E-state index < -0.39 is 0 Å². The molecule has 0 radical (unpaired) electrons. The summed E-state index contributed by atoms with van der Waals surface area (Å²) in [6.45, 7) is 4.85. The Hall–Kier alpha value is -1.77. The lowest BCUT2D eigenvalue weighted by atomic mass is 10.2. The van der Waals surface area contributed by atoms with E-state index >= 15 is 0 Å². The first kappa shape index (κ1) is 22.3. The lowest BCUT2D eigenvalue weighted by Crippen LogP contribution is -2.39. The average molecular weight is 471 g/mol. The highest BCUT2D eigenvalue weighted by molar-refractivity contribution is 14.0. The molecule has 144 valence electrons. The first-order chi connectivity index (χ1) is 12.1. The third kappa shape index (κ3) is 6.86. The van der Waals surface area contributed by atoms with Gasteiger partial charge in [0.1, 0.15) is 6.54 Å². The molecule has 0 atom stereocenters. The van der Waals surface area contributed by atoms with Gasteiger partial charge in [0.2, 0.25) is 5.91 Å². The number of hydrogen-bond donors (Lipinski definition) is 2. The molecule has 0 saturated carbocycles. The molecule has 0 aliphatic carbocycles. The van der Waals surface area contributed by atoms with Crippen LogP contribution in [0.3, 0.4) is 0 Å². The number of carbonyl (C=O) groups excluding carboxylic acids is 1. The Balaban J connectivity index is 0.00000338. The maximum absolute atomic E-state index is 11.7. The van der Waals surface area contributed by atoms with Gasteiger partial charge >= 0.3 is 0 Å². The fourth-order valence-electron chi connectivity index (χ4n) is 2.50. The third-order valence-electron chi connectivity index (χ3n) is 3.96. The molecule has 2 N–H and O–H groups in total. The number of hydrogen-bond acceptors (Lipinski definition) is 2. The van der Waals surface area contributed by atoms with Gasteiger partial charge in [-0.15, -0.1) is 24.0 Å². The van der Waals surface area contributed by atoms with Crippen molar-refractivity contribution in [2.45, 2.75) is 26.3 Å². The van der Waals surface area contributed by atoms with Crippen molar-refractivity contribution >= 4 is 46.7 Å². The third-order valence-corrected chi connectivity index (χ3v) is 3.96. The van der Waals surface area contributed by atoms with Crippen LogP contribution in [0, 0.1) is 0 Å². The van der Waals surface area contributed by atoms with Crippen LogP contribution in [0.5, 0.6) is 0 Å². The smallest absolute Gasteiger partial charge is 0.243 e. The van der Waals surface area contributed by atoms with E-state index in [4.69, 9.17) is 0 Å². The van der Waals surface area contributed by atoms with Crippen molar-refractivity contribution in [1.82, 2.24) is 20.1 Å². The predicted molar refractivity (Wildman–Crippen MR) is 119 cm³/mol. The molecule has 2 rings (SSSR count). The Kier molecular flexibility index (Phi) is 10.1. The van der Waals surface area contributed by atoms with E-state index in [2.05, 4.69) is 63.6 Å². The molecule has 0 saturated heterocycles. The lowest BCUT2D eigenvalue weighted by molar-refractivity contribution is -0.127. The number of nitrogens with zero attached hydrogens (tertiary/aromatic N) is 3. The van der Waals surface area contributed by atoms with Gasteiger partial charge in [-0.25, -0.2) is 4.99 Å². The molecule has 1 heterocycles. The maximum Gasteiger partial charge on any atom is 0.243 e. The highest BCUT2D eigenvalue weighted by atomic mass is 127. The summed E-state index contributed by atoms with van der Waals surface area (Å²) in [6, 6.07) is 10.5. The minimum atomic E-state index is -0.00332. The number of aliphatic imine (C=N–C) groups is 1. The van der Waals surface area contributed by atoms with Crippen molar-refractivity contribution in [3.63, 3.8) is 0 Å². The number of guanidine groups is 1. The number of amides is 1. The number of fused-ring (bicyclic) bond motifs is 1. The van der Waals surface area contributed by atoms with Gasteiger partial charge in [0.15, 0.2) is 5.96 Å². The molecule has 7 heteroatoms. The number of aromatic nitrogens is 1. The molecule has 1 amide bonds. The fourth-order valence-corrected chi connectivity index (χ4v) is 2.50. The van der Waals surface area contributed by atoms with Crippen LogP contribution in [0.15, 0.2) is 41.5 Å². The Morgan fingerprint density at radius 1 is 1.15 bits per heavy atom. The molecule has 6 nitrogen and oxygen atoms in total. The zero-order valence-corrected chi connectivity index (χ0v) is 18.2. The summed E-state index contributed by atoms with van der Waals surface area (Å²) in [4.78, 5) is 17.6. The van der Waals surface area contributed by atoms with Crippen molar-refractivity contribution in [3.05, 3.63) is 36.5 Å². The number of nitrogens with one attached hydrogen (secondary N) is 2. The summed E-state index contributed by atoms with van der Waals surface area (Å²) in [5.41, 5.74) is 1.26.